The van der Waals surface area contributed by atoms with Crippen LogP contribution in [0.25, 0.3) is 10.9 Å². The molecular formula is C29H33N3O4. The van der Waals surface area contributed by atoms with E-state index in [0.717, 1.165) is 47.9 Å². The lowest BCUT2D eigenvalue weighted by Gasteiger charge is -2.40. The lowest BCUT2D eigenvalue weighted by Crippen LogP contribution is -2.47. The molecule has 3 atom stereocenters. The van der Waals surface area contributed by atoms with Crippen LogP contribution in [0.1, 0.15) is 36.8 Å². The summed E-state index contributed by atoms with van der Waals surface area (Å²) in [6.45, 7) is 1.20. The number of nitriles is 1. The molecule has 2 heterocycles. The molecule has 7 nitrogen and oxygen atoms in total. The molecular weight excluding hydrogens is 454 g/mol. The third-order valence-corrected chi connectivity index (χ3v) is 7.12. The van der Waals surface area contributed by atoms with Gasteiger partial charge < -0.3 is 19.5 Å². The quantitative estimate of drug-likeness (QED) is 0.450. The highest BCUT2D eigenvalue weighted by atomic mass is 16.6. The molecule has 1 amide bonds. The van der Waals surface area contributed by atoms with Gasteiger partial charge in [0.05, 0.1) is 31.2 Å². The van der Waals surface area contributed by atoms with Crippen molar-refractivity contribution in [3.8, 4) is 11.8 Å². The van der Waals surface area contributed by atoms with Gasteiger partial charge in [-0.2, -0.15) is 5.26 Å². The number of aliphatic hydroxyl groups excluding tert-OH is 1. The number of ether oxygens (including phenoxy) is 2. The zero-order valence-electron chi connectivity index (χ0n) is 20.7. The van der Waals surface area contributed by atoms with Gasteiger partial charge in [0.15, 0.2) is 0 Å². The first-order chi connectivity index (χ1) is 17.6. The number of methoxy groups -OCH3 is 1. The molecule has 36 heavy (non-hydrogen) atoms. The highest BCUT2D eigenvalue weighted by Crippen LogP contribution is 2.33. The molecule has 7 heteroatoms. The van der Waals surface area contributed by atoms with Crippen molar-refractivity contribution in [1.82, 2.24) is 9.88 Å². The highest BCUT2D eigenvalue weighted by molar-refractivity contribution is 5.83. The summed E-state index contributed by atoms with van der Waals surface area (Å²) in [6, 6.07) is 19.6. The molecule has 4 rings (SSSR count). The molecule has 0 bridgehead atoms. The number of carbonyl (C=O) groups is 1. The Labute approximate surface area is 212 Å². The zero-order chi connectivity index (χ0) is 25.3. The van der Waals surface area contributed by atoms with Crippen LogP contribution in [0.15, 0.2) is 60.8 Å². The number of hydrogen-bond donors (Lipinski definition) is 1. The topological polar surface area (TPSA) is 95.7 Å². The molecule has 1 aliphatic rings. The van der Waals surface area contributed by atoms with E-state index in [4.69, 9.17) is 9.47 Å². The average molecular weight is 488 g/mol. The van der Waals surface area contributed by atoms with Gasteiger partial charge in [-0.3, -0.25) is 4.98 Å². The van der Waals surface area contributed by atoms with E-state index < -0.39 is 6.10 Å². The summed E-state index contributed by atoms with van der Waals surface area (Å²) >= 11 is 0. The Bertz CT molecular complexity index is 1190. The molecule has 3 aromatic rings. The van der Waals surface area contributed by atoms with E-state index in [1.54, 1.807) is 12.0 Å². The number of likely N-dealkylation sites (tertiary alicyclic amines) is 1. The molecule has 1 aliphatic heterocycles. The SMILES string of the molecule is COc1ccc2nccc(CCC[C@@H]3CCN(C(=O)OCc4ccccc4)C[C@@H]3C(O)CC#N)c2c1. The lowest BCUT2D eigenvalue weighted by atomic mass is 9.78. The van der Waals surface area contributed by atoms with Gasteiger partial charge in [-0.1, -0.05) is 30.3 Å². The second-order valence-corrected chi connectivity index (χ2v) is 9.37. The van der Waals surface area contributed by atoms with Crippen LogP contribution in [0.5, 0.6) is 5.75 Å². The van der Waals surface area contributed by atoms with Crippen LogP contribution < -0.4 is 4.74 Å². The zero-order valence-corrected chi connectivity index (χ0v) is 20.7. The first-order valence-corrected chi connectivity index (χ1v) is 12.5. The number of nitrogens with zero attached hydrogens (tertiary/aromatic N) is 3. The molecule has 188 valence electrons. The first-order valence-electron chi connectivity index (χ1n) is 12.5. The van der Waals surface area contributed by atoms with Crippen molar-refractivity contribution >= 4 is 17.0 Å². The molecule has 2 aromatic carbocycles. The Balaban J connectivity index is 1.37. The summed E-state index contributed by atoms with van der Waals surface area (Å²) in [6.07, 6.45) is 4.26. The standard InChI is InChI=1S/C29H33N3O4/c1-35-24-10-11-27-25(18-24)22(13-16-31-27)8-5-9-23-14-17-32(19-26(23)28(33)12-15-30)29(34)36-20-21-6-3-2-4-7-21/h2-4,6-7,10-11,13,16,18,23,26,28,33H,5,8-9,12,14,17,19-20H2,1H3/t23-,26+,28?/m1/s1. The molecule has 0 spiro atoms. The minimum Gasteiger partial charge on any atom is -0.497 e. The number of pyridine rings is 1. The third kappa shape index (κ3) is 6.32. The van der Waals surface area contributed by atoms with Gasteiger partial charge in [-0.25, -0.2) is 4.79 Å². The predicted molar refractivity (Wildman–Crippen MR) is 137 cm³/mol. The summed E-state index contributed by atoms with van der Waals surface area (Å²) in [4.78, 5) is 18.9. The minimum atomic E-state index is -0.768. The molecule has 0 saturated carbocycles. The van der Waals surface area contributed by atoms with Gasteiger partial charge in [0, 0.05) is 30.6 Å². The van der Waals surface area contributed by atoms with Gasteiger partial charge in [-0.15, -0.1) is 0 Å². The summed E-state index contributed by atoms with van der Waals surface area (Å²) in [5.74, 6) is 0.883. The number of aryl methyl sites for hydroxylation is 1. The van der Waals surface area contributed by atoms with Crippen LogP contribution in [0.3, 0.4) is 0 Å². The van der Waals surface area contributed by atoms with E-state index in [1.807, 2.05) is 54.7 Å². The van der Waals surface area contributed by atoms with Crippen LogP contribution in [0.2, 0.25) is 0 Å². The first kappa shape index (κ1) is 25.5. The summed E-state index contributed by atoms with van der Waals surface area (Å²) < 4.78 is 10.9. The second-order valence-electron chi connectivity index (χ2n) is 9.37. The number of hydrogen-bond acceptors (Lipinski definition) is 6. The molecule has 1 aromatic heterocycles. The van der Waals surface area contributed by atoms with Crippen LogP contribution >= 0.6 is 0 Å². The normalized spacial score (nSPS) is 18.4. The summed E-state index contributed by atoms with van der Waals surface area (Å²) in [5.41, 5.74) is 3.09. The van der Waals surface area contributed by atoms with Crippen molar-refractivity contribution in [2.75, 3.05) is 20.2 Å². The van der Waals surface area contributed by atoms with Crippen LogP contribution in [0.4, 0.5) is 4.79 Å². The van der Waals surface area contributed by atoms with E-state index in [0.29, 0.717) is 13.1 Å². The number of carbonyl (C=O) groups excluding carboxylic acids is 1. The Morgan fingerprint density at radius 1 is 1.25 bits per heavy atom. The van der Waals surface area contributed by atoms with Gasteiger partial charge in [0.1, 0.15) is 12.4 Å². The van der Waals surface area contributed by atoms with E-state index in [1.165, 1.54) is 5.56 Å². The van der Waals surface area contributed by atoms with E-state index in [2.05, 4.69) is 17.1 Å². The Morgan fingerprint density at radius 3 is 2.86 bits per heavy atom. The Morgan fingerprint density at radius 2 is 2.08 bits per heavy atom. The van der Waals surface area contributed by atoms with Crippen molar-refractivity contribution < 1.29 is 19.4 Å². The predicted octanol–water partition coefficient (Wildman–Crippen LogP) is 5.12. The number of rotatable bonds is 9. The number of fused-ring (bicyclic) bond motifs is 1. The fourth-order valence-corrected chi connectivity index (χ4v) is 5.13. The van der Waals surface area contributed by atoms with Crippen molar-refractivity contribution in [2.45, 2.75) is 44.8 Å². The highest BCUT2D eigenvalue weighted by Gasteiger charge is 2.36. The largest absolute Gasteiger partial charge is 0.497 e. The molecule has 1 N–H and O–H groups in total. The minimum absolute atomic E-state index is 0.0584. The van der Waals surface area contributed by atoms with E-state index in [-0.39, 0.29) is 31.0 Å². The van der Waals surface area contributed by atoms with Gasteiger partial charge in [0.2, 0.25) is 0 Å². The molecule has 0 aliphatic carbocycles. The van der Waals surface area contributed by atoms with Gasteiger partial charge in [0.25, 0.3) is 0 Å². The van der Waals surface area contributed by atoms with E-state index >= 15 is 0 Å². The number of piperidine rings is 1. The van der Waals surface area contributed by atoms with Gasteiger partial charge >= 0.3 is 6.09 Å². The Kier molecular flexibility index (Phi) is 8.75. The molecule has 1 saturated heterocycles. The van der Waals surface area contributed by atoms with Crippen molar-refractivity contribution in [2.24, 2.45) is 11.8 Å². The summed E-state index contributed by atoms with van der Waals surface area (Å²) in [5, 5.41) is 21.0. The smallest absolute Gasteiger partial charge is 0.410 e. The maximum atomic E-state index is 12.7. The fourth-order valence-electron chi connectivity index (χ4n) is 5.13. The maximum Gasteiger partial charge on any atom is 0.410 e. The lowest BCUT2D eigenvalue weighted by molar-refractivity contribution is 0.00749. The molecule has 1 unspecified atom stereocenters. The monoisotopic (exact) mass is 487 g/mol. The number of aromatic nitrogens is 1. The number of amides is 1. The number of aliphatic hydroxyl groups is 1. The average Bonchev–Trinajstić information content (AvgIpc) is 2.92. The number of benzene rings is 2. The van der Waals surface area contributed by atoms with Crippen LogP contribution in [-0.4, -0.2) is 47.4 Å². The maximum absolute atomic E-state index is 12.7. The van der Waals surface area contributed by atoms with E-state index in [9.17, 15) is 15.2 Å². The third-order valence-electron chi connectivity index (χ3n) is 7.12. The van der Waals surface area contributed by atoms with Gasteiger partial charge in [-0.05, 0) is 67.0 Å². The van der Waals surface area contributed by atoms with Crippen molar-refractivity contribution in [3.05, 3.63) is 71.9 Å². The van der Waals surface area contributed by atoms with Crippen molar-refractivity contribution in [3.63, 3.8) is 0 Å². The van der Waals surface area contributed by atoms with Crippen LogP contribution in [-0.2, 0) is 17.8 Å². The molecule has 0 radical (unpaired) electrons. The fraction of sp³-hybridized carbons (Fsp3) is 0.414. The summed E-state index contributed by atoms with van der Waals surface area (Å²) in [7, 11) is 1.66. The Hall–Kier alpha value is -3.63. The molecule has 1 fully saturated rings. The van der Waals surface area contributed by atoms with Crippen LogP contribution in [0, 0.1) is 23.2 Å². The second kappa shape index (κ2) is 12.4. The van der Waals surface area contributed by atoms with Crippen molar-refractivity contribution in [1.29, 1.82) is 5.26 Å².